The fourth-order valence-corrected chi connectivity index (χ4v) is 4.05. The molecule has 4 nitrogen and oxygen atoms in total. The second-order valence-corrected chi connectivity index (χ2v) is 7.85. The van der Waals surface area contributed by atoms with Gasteiger partial charge in [0.15, 0.2) is 0 Å². The molecular formula is C23H27NO3. The van der Waals surface area contributed by atoms with Crippen molar-refractivity contribution in [2.75, 3.05) is 13.2 Å². The largest absolute Gasteiger partial charge is 0.493 e. The van der Waals surface area contributed by atoms with Crippen molar-refractivity contribution in [2.45, 2.75) is 38.1 Å². The van der Waals surface area contributed by atoms with Crippen LogP contribution in [0.4, 0.5) is 0 Å². The topological polar surface area (TPSA) is 58.6 Å². The van der Waals surface area contributed by atoms with Crippen LogP contribution in [0.25, 0.3) is 0 Å². The highest BCUT2D eigenvalue weighted by molar-refractivity contribution is 5.69. The Morgan fingerprint density at radius 1 is 1.11 bits per heavy atom. The van der Waals surface area contributed by atoms with E-state index in [9.17, 15) is 4.79 Å². The molecule has 2 aliphatic rings. The minimum Gasteiger partial charge on any atom is -0.493 e. The zero-order valence-corrected chi connectivity index (χ0v) is 15.6. The maximum absolute atomic E-state index is 11.1. The third kappa shape index (κ3) is 4.69. The highest BCUT2D eigenvalue weighted by atomic mass is 16.5. The van der Waals surface area contributed by atoms with Crippen molar-refractivity contribution in [1.82, 2.24) is 5.32 Å². The quantitative estimate of drug-likeness (QED) is 0.742. The van der Waals surface area contributed by atoms with Crippen LogP contribution < -0.4 is 10.1 Å². The van der Waals surface area contributed by atoms with E-state index < -0.39 is 5.97 Å². The Morgan fingerprint density at radius 2 is 1.93 bits per heavy atom. The second-order valence-electron chi connectivity index (χ2n) is 7.85. The van der Waals surface area contributed by atoms with Gasteiger partial charge in [-0.1, -0.05) is 36.4 Å². The number of hydrogen-bond acceptors (Lipinski definition) is 3. The van der Waals surface area contributed by atoms with Crippen LogP contribution >= 0.6 is 0 Å². The molecular weight excluding hydrogens is 338 g/mol. The molecule has 2 atom stereocenters. The van der Waals surface area contributed by atoms with Crippen molar-refractivity contribution in [1.29, 1.82) is 0 Å². The van der Waals surface area contributed by atoms with E-state index in [2.05, 4.69) is 35.6 Å². The predicted octanol–water partition coefficient (Wildman–Crippen LogP) is 4.00. The van der Waals surface area contributed by atoms with Gasteiger partial charge in [0.25, 0.3) is 0 Å². The SMILES string of the molecule is O=C(O)CNC(c1ccccc1)C1CCc2cc(OCC3CC3)ccc2C1. The van der Waals surface area contributed by atoms with Gasteiger partial charge in [-0.3, -0.25) is 10.1 Å². The number of rotatable bonds is 8. The number of aryl methyl sites for hydroxylation is 1. The third-order valence-electron chi connectivity index (χ3n) is 5.73. The fourth-order valence-electron chi connectivity index (χ4n) is 4.05. The van der Waals surface area contributed by atoms with Gasteiger partial charge in [-0.15, -0.1) is 0 Å². The molecule has 0 aliphatic heterocycles. The molecule has 1 saturated carbocycles. The van der Waals surface area contributed by atoms with Crippen LogP contribution in [0.15, 0.2) is 48.5 Å². The molecule has 2 N–H and O–H groups in total. The van der Waals surface area contributed by atoms with Crippen LogP contribution in [-0.4, -0.2) is 24.2 Å². The molecule has 2 aromatic carbocycles. The minimum atomic E-state index is -0.815. The van der Waals surface area contributed by atoms with E-state index in [4.69, 9.17) is 9.84 Å². The first kappa shape index (κ1) is 18.1. The summed E-state index contributed by atoms with van der Waals surface area (Å²) >= 11 is 0. The number of carbonyl (C=O) groups is 1. The summed E-state index contributed by atoms with van der Waals surface area (Å²) in [5, 5.41) is 12.4. The Hall–Kier alpha value is -2.33. The van der Waals surface area contributed by atoms with E-state index >= 15 is 0 Å². The summed E-state index contributed by atoms with van der Waals surface area (Å²) in [6, 6.07) is 16.8. The van der Waals surface area contributed by atoms with Crippen molar-refractivity contribution >= 4 is 5.97 Å². The van der Waals surface area contributed by atoms with Gasteiger partial charge in [0, 0.05) is 6.04 Å². The molecule has 2 aromatic rings. The molecule has 4 rings (SSSR count). The Balaban J connectivity index is 1.47. The first-order chi connectivity index (χ1) is 13.2. The van der Waals surface area contributed by atoms with Gasteiger partial charge in [-0.25, -0.2) is 0 Å². The van der Waals surface area contributed by atoms with Crippen molar-refractivity contribution in [3.05, 3.63) is 65.2 Å². The molecule has 27 heavy (non-hydrogen) atoms. The summed E-state index contributed by atoms with van der Waals surface area (Å²) < 4.78 is 5.93. The molecule has 0 aromatic heterocycles. The summed E-state index contributed by atoms with van der Waals surface area (Å²) in [6.45, 7) is 0.827. The molecule has 0 saturated heterocycles. The Kier molecular flexibility index (Phi) is 5.44. The number of hydrogen-bond donors (Lipinski definition) is 2. The molecule has 2 aliphatic carbocycles. The zero-order valence-electron chi connectivity index (χ0n) is 15.6. The number of carboxylic acid groups (broad SMARTS) is 1. The summed E-state index contributed by atoms with van der Waals surface area (Å²) in [5.41, 5.74) is 3.91. The molecule has 4 heteroatoms. The smallest absolute Gasteiger partial charge is 0.317 e. The molecule has 2 unspecified atom stereocenters. The van der Waals surface area contributed by atoms with Crippen LogP contribution in [-0.2, 0) is 17.6 Å². The highest BCUT2D eigenvalue weighted by Crippen LogP contribution is 2.36. The zero-order chi connectivity index (χ0) is 18.6. The number of fused-ring (bicyclic) bond motifs is 1. The molecule has 0 spiro atoms. The lowest BCUT2D eigenvalue weighted by molar-refractivity contribution is -0.136. The van der Waals surface area contributed by atoms with Gasteiger partial charge in [0.05, 0.1) is 13.2 Å². The number of benzene rings is 2. The molecule has 0 amide bonds. The Labute approximate surface area is 160 Å². The Bertz CT molecular complexity index is 785. The number of aliphatic carboxylic acids is 1. The molecule has 0 heterocycles. The van der Waals surface area contributed by atoms with Gasteiger partial charge in [-0.2, -0.15) is 0 Å². The average molecular weight is 365 g/mol. The maximum atomic E-state index is 11.1. The standard InChI is InChI=1S/C23H27NO3/c25-22(26)14-24-23(17-4-2-1-3-5-17)20-9-8-19-13-21(11-10-18(19)12-20)27-15-16-6-7-16/h1-5,10-11,13,16,20,23-24H,6-9,12,14-15H2,(H,25,26). The monoisotopic (exact) mass is 365 g/mol. The average Bonchev–Trinajstić information content (AvgIpc) is 3.51. The van der Waals surface area contributed by atoms with Crippen molar-refractivity contribution in [3.8, 4) is 5.75 Å². The van der Waals surface area contributed by atoms with Crippen LogP contribution in [0.3, 0.4) is 0 Å². The first-order valence-corrected chi connectivity index (χ1v) is 9.94. The summed E-state index contributed by atoms with van der Waals surface area (Å²) in [4.78, 5) is 11.1. The molecule has 0 radical (unpaired) electrons. The van der Waals surface area contributed by atoms with Gasteiger partial charge < -0.3 is 9.84 Å². The van der Waals surface area contributed by atoms with Crippen molar-refractivity contribution < 1.29 is 14.6 Å². The Morgan fingerprint density at radius 3 is 2.67 bits per heavy atom. The maximum Gasteiger partial charge on any atom is 0.317 e. The van der Waals surface area contributed by atoms with Gasteiger partial charge >= 0.3 is 5.97 Å². The second kappa shape index (κ2) is 8.13. The lowest BCUT2D eigenvalue weighted by Crippen LogP contribution is -2.35. The fraction of sp³-hybridized carbons (Fsp3) is 0.435. The van der Waals surface area contributed by atoms with E-state index in [1.807, 2.05) is 18.2 Å². The van der Waals surface area contributed by atoms with Crippen LogP contribution in [0, 0.1) is 11.8 Å². The lowest BCUT2D eigenvalue weighted by atomic mass is 9.78. The molecule has 142 valence electrons. The molecule has 0 bridgehead atoms. The third-order valence-corrected chi connectivity index (χ3v) is 5.73. The summed E-state index contributed by atoms with van der Waals surface area (Å²) in [7, 11) is 0. The van der Waals surface area contributed by atoms with Crippen molar-refractivity contribution in [3.63, 3.8) is 0 Å². The van der Waals surface area contributed by atoms with Crippen LogP contribution in [0.1, 0.15) is 42.0 Å². The predicted molar refractivity (Wildman–Crippen MR) is 105 cm³/mol. The molecule has 1 fully saturated rings. The van der Waals surface area contributed by atoms with E-state index in [0.29, 0.717) is 5.92 Å². The van der Waals surface area contributed by atoms with Gasteiger partial charge in [0.2, 0.25) is 0 Å². The normalized spacial score (nSPS) is 19.9. The van der Waals surface area contributed by atoms with Crippen molar-refractivity contribution in [2.24, 2.45) is 11.8 Å². The number of nitrogens with one attached hydrogen (secondary N) is 1. The van der Waals surface area contributed by atoms with Crippen LogP contribution in [0.2, 0.25) is 0 Å². The van der Waals surface area contributed by atoms with Crippen LogP contribution in [0.5, 0.6) is 5.75 Å². The highest BCUT2D eigenvalue weighted by Gasteiger charge is 2.28. The lowest BCUT2D eigenvalue weighted by Gasteiger charge is -2.32. The van der Waals surface area contributed by atoms with E-state index in [1.165, 1.54) is 24.0 Å². The summed E-state index contributed by atoms with van der Waals surface area (Å²) in [6.07, 6.45) is 5.63. The van der Waals surface area contributed by atoms with E-state index in [0.717, 1.165) is 43.1 Å². The minimum absolute atomic E-state index is 0.0170. The van der Waals surface area contributed by atoms with E-state index in [1.54, 1.807) is 0 Å². The number of ether oxygens (including phenoxy) is 1. The van der Waals surface area contributed by atoms with Gasteiger partial charge in [-0.05, 0) is 72.8 Å². The first-order valence-electron chi connectivity index (χ1n) is 9.94. The van der Waals surface area contributed by atoms with Gasteiger partial charge in [0.1, 0.15) is 5.75 Å². The van der Waals surface area contributed by atoms with E-state index in [-0.39, 0.29) is 12.6 Å². The summed E-state index contributed by atoms with van der Waals surface area (Å²) in [5.74, 6) is 1.32. The number of carboxylic acids is 1.